The van der Waals surface area contributed by atoms with Gasteiger partial charge in [-0.05, 0) is 43.7 Å². The predicted molar refractivity (Wildman–Crippen MR) is 96.4 cm³/mol. The number of alkyl halides is 2. The van der Waals surface area contributed by atoms with Gasteiger partial charge in [-0.2, -0.15) is 0 Å². The Kier molecular flexibility index (Phi) is 4.01. The first-order valence-corrected chi connectivity index (χ1v) is 8.55. The van der Waals surface area contributed by atoms with Crippen molar-refractivity contribution < 1.29 is 13.6 Å². The average molecular weight is 372 g/mol. The molecule has 4 heterocycles. The van der Waals surface area contributed by atoms with Gasteiger partial charge in [0.15, 0.2) is 11.3 Å². The van der Waals surface area contributed by atoms with Gasteiger partial charge in [-0.1, -0.05) is 0 Å². The van der Waals surface area contributed by atoms with E-state index in [0.29, 0.717) is 17.3 Å². The number of nitrogens with zero attached hydrogens (tertiary/aromatic N) is 5. The van der Waals surface area contributed by atoms with Gasteiger partial charge in [0.05, 0.1) is 12.7 Å². The number of carbonyl (C=O) groups is 1. The summed E-state index contributed by atoms with van der Waals surface area (Å²) in [5, 5.41) is 7.08. The monoisotopic (exact) mass is 372 g/mol. The molecule has 0 saturated carbocycles. The highest BCUT2D eigenvalue weighted by molar-refractivity contribution is 6.02. The lowest BCUT2D eigenvalue weighted by Gasteiger charge is -2.17. The summed E-state index contributed by atoms with van der Waals surface area (Å²) in [6.07, 6.45) is 1.20. The summed E-state index contributed by atoms with van der Waals surface area (Å²) in [5.74, 6) is -2.32. The Morgan fingerprint density at radius 3 is 2.78 bits per heavy atom. The number of aryl methyl sites for hydroxylation is 2. The SMILES string of the molecule is Cc1cc(C)nc(NC(=O)c2cnc3ccc(N4CCC(F)(F)C4)nn23)c1. The van der Waals surface area contributed by atoms with E-state index in [1.807, 2.05) is 19.9 Å². The lowest BCUT2D eigenvalue weighted by Crippen LogP contribution is -2.26. The molecule has 0 aliphatic carbocycles. The molecular weight excluding hydrogens is 354 g/mol. The Balaban J connectivity index is 1.63. The molecule has 9 heteroatoms. The van der Waals surface area contributed by atoms with E-state index < -0.39 is 11.8 Å². The molecule has 1 fully saturated rings. The topological polar surface area (TPSA) is 75.4 Å². The van der Waals surface area contributed by atoms with Gasteiger partial charge in [0, 0.05) is 18.7 Å². The number of hydrogen-bond acceptors (Lipinski definition) is 5. The second kappa shape index (κ2) is 6.26. The van der Waals surface area contributed by atoms with Crippen LogP contribution in [0.25, 0.3) is 5.65 Å². The van der Waals surface area contributed by atoms with Crippen LogP contribution in [0, 0.1) is 13.8 Å². The predicted octanol–water partition coefficient (Wildman–Crippen LogP) is 2.84. The minimum Gasteiger partial charge on any atom is -0.349 e. The van der Waals surface area contributed by atoms with Gasteiger partial charge in [0.25, 0.3) is 11.8 Å². The summed E-state index contributed by atoms with van der Waals surface area (Å²) in [4.78, 5) is 22.6. The molecule has 1 N–H and O–H groups in total. The van der Waals surface area contributed by atoms with E-state index in [1.54, 1.807) is 18.2 Å². The van der Waals surface area contributed by atoms with Crippen LogP contribution in [-0.2, 0) is 0 Å². The molecule has 1 aliphatic heterocycles. The van der Waals surface area contributed by atoms with Crippen molar-refractivity contribution in [1.29, 1.82) is 0 Å². The third-order valence-electron chi connectivity index (χ3n) is 4.41. The Morgan fingerprint density at radius 1 is 1.26 bits per heavy atom. The number of carbonyl (C=O) groups excluding carboxylic acids is 1. The van der Waals surface area contributed by atoms with Gasteiger partial charge in [0.1, 0.15) is 11.6 Å². The van der Waals surface area contributed by atoms with Crippen LogP contribution in [0.2, 0.25) is 0 Å². The minimum absolute atomic E-state index is 0.206. The summed E-state index contributed by atoms with van der Waals surface area (Å²) in [7, 11) is 0. The van der Waals surface area contributed by atoms with Crippen LogP contribution in [0.3, 0.4) is 0 Å². The largest absolute Gasteiger partial charge is 0.349 e. The number of hydrogen-bond donors (Lipinski definition) is 1. The summed E-state index contributed by atoms with van der Waals surface area (Å²) < 4.78 is 28.3. The van der Waals surface area contributed by atoms with Crippen LogP contribution >= 0.6 is 0 Å². The molecule has 3 aromatic heterocycles. The van der Waals surface area contributed by atoms with E-state index in [1.165, 1.54) is 15.6 Å². The first-order chi connectivity index (χ1) is 12.8. The summed E-state index contributed by atoms with van der Waals surface area (Å²) >= 11 is 0. The van der Waals surface area contributed by atoms with Crippen molar-refractivity contribution in [3.05, 3.63) is 47.4 Å². The van der Waals surface area contributed by atoms with Gasteiger partial charge < -0.3 is 10.2 Å². The average Bonchev–Trinajstić information content (AvgIpc) is 3.16. The van der Waals surface area contributed by atoms with Crippen LogP contribution in [0.4, 0.5) is 20.4 Å². The molecule has 1 amide bonds. The van der Waals surface area contributed by atoms with E-state index in [-0.39, 0.29) is 25.2 Å². The third kappa shape index (κ3) is 3.44. The van der Waals surface area contributed by atoms with E-state index in [4.69, 9.17) is 0 Å². The zero-order valence-electron chi connectivity index (χ0n) is 14.9. The standard InChI is InChI=1S/C18H18F2N6O/c1-11-7-12(2)22-14(8-11)23-17(27)13-9-21-15-3-4-16(24-26(13)15)25-6-5-18(19,20)10-25/h3-4,7-9H,5-6,10H2,1-2H3,(H,22,23,27). The van der Waals surface area contributed by atoms with Crippen LogP contribution in [-0.4, -0.2) is 44.5 Å². The Hall–Kier alpha value is -3.10. The fraction of sp³-hybridized carbons (Fsp3) is 0.333. The Morgan fingerprint density at radius 2 is 2.07 bits per heavy atom. The van der Waals surface area contributed by atoms with Crippen LogP contribution < -0.4 is 10.2 Å². The Labute approximate surface area is 154 Å². The highest BCUT2D eigenvalue weighted by atomic mass is 19.3. The van der Waals surface area contributed by atoms with Gasteiger partial charge in [-0.3, -0.25) is 4.79 Å². The van der Waals surface area contributed by atoms with Crippen molar-refractivity contribution in [3.63, 3.8) is 0 Å². The van der Waals surface area contributed by atoms with Crippen LogP contribution in [0.5, 0.6) is 0 Å². The Bertz CT molecular complexity index is 1010. The number of aromatic nitrogens is 4. The number of nitrogens with one attached hydrogen (secondary N) is 1. The summed E-state index contributed by atoms with van der Waals surface area (Å²) in [6, 6.07) is 6.96. The van der Waals surface area contributed by atoms with Crippen molar-refractivity contribution >= 4 is 23.2 Å². The summed E-state index contributed by atoms with van der Waals surface area (Å²) in [6.45, 7) is 3.59. The van der Waals surface area contributed by atoms with Gasteiger partial charge in [-0.25, -0.2) is 23.3 Å². The first-order valence-electron chi connectivity index (χ1n) is 8.55. The van der Waals surface area contributed by atoms with Crippen LogP contribution in [0.1, 0.15) is 28.2 Å². The van der Waals surface area contributed by atoms with Gasteiger partial charge in [-0.15, -0.1) is 5.10 Å². The van der Waals surface area contributed by atoms with E-state index in [2.05, 4.69) is 20.4 Å². The van der Waals surface area contributed by atoms with Gasteiger partial charge in [0.2, 0.25) is 0 Å². The highest BCUT2D eigenvalue weighted by Crippen LogP contribution is 2.29. The quantitative estimate of drug-likeness (QED) is 0.765. The minimum atomic E-state index is -2.72. The van der Waals surface area contributed by atoms with Gasteiger partial charge >= 0.3 is 0 Å². The third-order valence-corrected chi connectivity index (χ3v) is 4.41. The number of anilines is 2. The van der Waals surface area contributed by atoms with Crippen molar-refractivity contribution in [2.24, 2.45) is 0 Å². The molecule has 0 unspecified atom stereocenters. The lowest BCUT2D eigenvalue weighted by molar-refractivity contribution is 0.0256. The maximum Gasteiger partial charge on any atom is 0.277 e. The molecule has 27 heavy (non-hydrogen) atoms. The molecule has 140 valence electrons. The number of rotatable bonds is 3. The van der Waals surface area contributed by atoms with Crippen molar-refractivity contribution in [2.45, 2.75) is 26.2 Å². The smallest absolute Gasteiger partial charge is 0.277 e. The fourth-order valence-corrected chi connectivity index (χ4v) is 3.20. The molecule has 0 aromatic carbocycles. The fourth-order valence-electron chi connectivity index (χ4n) is 3.20. The molecule has 4 rings (SSSR count). The molecular formula is C18H18F2N6O. The normalized spacial score (nSPS) is 16.1. The number of halogens is 2. The van der Waals surface area contributed by atoms with Crippen molar-refractivity contribution in [3.8, 4) is 0 Å². The molecule has 3 aromatic rings. The van der Waals surface area contributed by atoms with Crippen molar-refractivity contribution in [1.82, 2.24) is 19.6 Å². The summed E-state index contributed by atoms with van der Waals surface area (Å²) in [5.41, 5.74) is 2.44. The molecule has 0 spiro atoms. The van der Waals surface area contributed by atoms with E-state index in [9.17, 15) is 13.6 Å². The maximum absolute atomic E-state index is 13.5. The number of amides is 1. The maximum atomic E-state index is 13.5. The second-order valence-corrected chi connectivity index (χ2v) is 6.76. The lowest BCUT2D eigenvalue weighted by atomic mass is 10.2. The van der Waals surface area contributed by atoms with Crippen molar-refractivity contribution in [2.75, 3.05) is 23.3 Å². The molecule has 0 bridgehead atoms. The second-order valence-electron chi connectivity index (χ2n) is 6.76. The first kappa shape index (κ1) is 17.3. The number of fused-ring (bicyclic) bond motifs is 1. The zero-order valence-corrected chi connectivity index (χ0v) is 14.9. The molecule has 0 atom stereocenters. The number of imidazole rings is 1. The molecule has 1 saturated heterocycles. The zero-order chi connectivity index (χ0) is 19.2. The van der Waals surface area contributed by atoms with Crippen LogP contribution in [0.15, 0.2) is 30.5 Å². The molecule has 7 nitrogen and oxygen atoms in total. The highest BCUT2D eigenvalue weighted by Gasteiger charge is 2.38. The molecule has 1 aliphatic rings. The van der Waals surface area contributed by atoms with E-state index >= 15 is 0 Å². The molecule has 0 radical (unpaired) electrons. The number of pyridine rings is 1. The van der Waals surface area contributed by atoms with E-state index in [0.717, 1.165) is 11.3 Å².